The average Bonchev–Trinajstić information content (AvgIpc) is 3.54. The lowest BCUT2D eigenvalue weighted by molar-refractivity contribution is 0.991. The minimum atomic E-state index is 0.443. The average molecular weight is 451 g/mol. The van der Waals surface area contributed by atoms with Crippen molar-refractivity contribution in [2.45, 2.75) is 13.0 Å². The highest BCUT2D eigenvalue weighted by Gasteiger charge is 2.07. The highest BCUT2D eigenvalue weighted by atomic mass is 15.1. The van der Waals surface area contributed by atoms with Crippen LogP contribution in [0.4, 0.5) is 11.8 Å². The fourth-order valence-corrected chi connectivity index (χ4v) is 3.36. The van der Waals surface area contributed by atoms with Crippen molar-refractivity contribution in [3.63, 3.8) is 0 Å². The van der Waals surface area contributed by atoms with Crippen LogP contribution in [0.1, 0.15) is 17.0 Å². The van der Waals surface area contributed by atoms with Gasteiger partial charge < -0.3 is 21.0 Å². The van der Waals surface area contributed by atoms with Gasteiger partial charge in [-0.2, -0.15) is 4.98 Å². The van der Waals surface area contributed by atoms with Gasteiger partial charge >= 0.3 is 0 Å². The molecule has 0 bridgehead atoms. The molecule has 4 aromatic heterocycles. The van der Waals surface area contributed by atoms with Gasteiger partial charge in [0.15, 0.2) is 17.1 Å². The van der Waals surface area contributed by atoms with Gasteiger partial charge in [0.1, 0.15) is 16.9 Å². The Labute approximate surface area is 194 Å². The Morgan fingerprint density at radius 3 is 2.24 bits per heavy atom. The van der Waals surface area contributed by atoms with E-state index in [4.69, 9.17) is 5.73 Å². The summed E-state index contributed by atoms with van der Waals surface area (Å²) >= 11 is 0. The van der Waals surface area contributed by atoms with E-state index in [-0.39, 0.29) is 0 Å². The number of benzene rings is 2. The predicted octanol–water partition coefficient (Wildman–Crippen LogP) is 3.49. The van der Waals surface area contributed by atoms with Gasteiger partial charge in [-0.1, -0.05) is 60.7 Å². The molecule has 5 N–H and O–H groups in total. The summed E-state index contributed by atoms with van der Waals surface area (Å²) in [7, 11) is 0. The van der Waals surface area contributed by atoms with E-state index in [1.807, 2.05) is 48.5 Å². The van der Waals surface area contributed by atoms with E-state index in [1.165, 1.54) is 5.56 Å². The summed E-state index contributed by atoms with van der Waals surface area (Å²) < 4.78 is 0. The van der Waals surface area contributed by atoms with E-state index in [0.717, 1.165) is 11.1 Å². The number of nitrogen functional groups attached to an aromatic ring is 1. The van der Waals surface area contributed by atoms with Gasteiger partial charge in [-0.05, 0) is 11.1 Å². The smallest absolute Gasteiger partial charge is 0.225 e. The number of H-pyrrole nitrogens is 2. The molecule has 4 heterocycles. The number of hydrogen-bond acceptors (Lipinski definition) is 8. The number of anilines is 2. The molecule has 0 aliphatic carbocycles. The second kappa shape index (κ2) is 9.74. The molecule has 168 valence electrons. The van der Waals surface area contributed by atoms with Crippen molar-refractivity contribution in [1.29, 1.82) is 0 Å². The van der Waals surface area contributed by atoms with Crippen LogP contribution in [0.15, 0.2) is 79.5 Å². The zero-order valence-corrected chi connectivity index (χ0v) is 18.2. The van der Waals surface area contributed by atoms with Crippen LogP contribution in [0, 0.1) is 0 Å². The first kappa shape index (κ1) is 21.0. The predicted molar refractivity (Wildman–Crippen MR) is 131 cm³/mol. The molecule has 0 radical (unpaired) electrons. The number of nitrogens with one attached hydrogen (secondary N) is 3. The molecule has 0 aliphatic rings. The van der Waals surface area contributed by atoms with Crippen molar-refractivity contribution in [2.75, 3.05) is 11.1 Å². The summed E-state index contributed by atoms with van der Waals surface area (Å²) in [5, 5.41) is 3.17. The Kier molecular flexibility index (Phi) is 6.02. The summed E-state index contributed by atoms with van der Waals surface area (Å²) in [5.41, 5.74) is 11.0. The van der Waals surface area contributed by atoms with Crippen LogP contribution in [0.25, 0.3) is 22.3 Å². The van der Waals surface area contributed by atoms with E-state index in [9.17, 15) is 0 Å². The summed E-state index contributed by atoms with van der Waals surface area (Å²) in [6.07, 6.45) is 5.57. The largest absolute Gasteiger partial charge is 0.382 e. The number of aromatic amines is 2. The Hall–Kier alpha value is -4.86. The molecule has 0 amide bonds. The van der Waals surface area contributed by atoms with Crippen molar-refractivity contribution in [3.8, 4) is 0 Å². The summed E-state index contributed by atoms with van der Waals surface area (Å²) in [6, 6.07) is 20.2. The minimum absolute atomic E-state index is 0.443. The first-order valence-electron chi connectivity index (χ1n) is 10.7. The number of nitrogens with zero attached hydrogens (tertiary/aromatic N) is 6. The third-order valence-corrected chi connectivity index (χ3v) is 5.03. The number of rotatable bonds is 5. The van der Waals surface area contributed by atoms with Crippen LogP contribution in [0.3, 0.4) is 0 Å². The molecule has 2 aromatic carbocycles. The van der Waals surface area contributed by atoms with Gasteiger partial charge in [0.25, 0.3) is 0 Å². The second-order valence-corrected chi connectivity index (χ2v) is 7.46. The standard InChI is InChI=1S/2C12H11N5/c1-2-4-9(5-3-1)6-13-12-14-7-10-11(17-12)16-8-15-10;13-11-10-12(15-7-14-10)17-9(16-11)6-8-4-2-1-3-5-8/h1-5,7-8H,6H2,(H2,13,14,15,16,17);1-5,7H,6H2,(H3,13,14,15,16,17). The van der Waals surface area contributed by atoms with Gasteiger partial charge in [0.2, 0.25) is 5.95 Å². The maximum absolute atomic E-state index is 5.83. The molecule has 0 saturated carbocycles. The monoisotopic (exact) mass is 450 g/mol. The topological polar surface area (TPSA) is 147 Å². The molecular formula is C24H22N10. The van der Waals surface area contributed by atoms with Gasteiger partial charge in [0.05, 0.1) is 18.9 Å². The SMILES string of the molecule is Nc1nc(Cc2ccccc2)nc2nc[nH]c12.c1ccc(CNc2ncc3[nH]cnc3n2)cc1. The van der Waals surface area contributed by atoms with Crippen molar-refractivity contribution in [1.82, 2.24) is 39.9 Å². The van der Waals surface area contributed by atoms with Crippen molar-refractivity contribution < 1.29 is 0 Å². The lowest BCUT2D eigenvalue weighted by Crippen LogP contribution is -2.03. The van der Waals surface area contributed by atoms with Gasteiger partial charge in [0, 0.05) is 13.0 Å². The molecule has 0 saturated heterocycles. The summed E-state index contributed by atoms with van der Waals surface area (Å²) in [5.74, 6) is 1.72. The Morgan fingerprint density at radius 2 is 1.44 bits per heavy atom. The highest BCUT2D eigenvalue weighted by molar-refractivity contribution is 5.80. The molecule has 6 rings (SSSR count). The second-order valence-electron chi connectivity index (χ2n) is 7.46. The van der Waals surface area contributed by atoms with Gasteiger partial charge in [-0.15, -0.1) is 0 Å². The Bertz CT molecular complexity index is 1490. The third kappa shape index (κ3) is 4.96. The van der Waals surface area contributed by atoms with Gasteiger partial charge in [-0.25, -0.2) is 24.9 Å². The highest BCUT2D eigenvalue weighted by Crippen LogP contribution is 2.15. The maximum Gasteiger partial charge on any atom is 0.225 e. The summed E-state index contributed by atoms with van der Waals surface area (Å²) in [4.78, 5) is 31.2. The fourth-order valence-electron chi connectivity index (χ4n) is 3.36. The van der Waals surface area contributed by atoms with E-state index < -0.39 is 0 Å². The van der Waals surface area contributed by atoms with E-state index in [2.05, 4.69) is 57.3 Å². The lowest BCUT2D eigenvalue weighted by Gasteiger charge is -2.03. The van der Waals surface area contributed by atoms with Crippen LogP contribution in [-0.4, -0.2) is 39.9 Å². The number of imidazole rings is 2. The number of hydrogen-bond donors (Lipinski definition) is 4. The first-order valence-corrected chi connectivity index (χ1v) is 10.7. The molecule has 10 nitrogen and oxygen atoms in total. The molecule has 0 atom stereocenters. The van der Waals surface area contributed by atoms with Gasteiger partial charge in [-0.3, -0.25) is 0 Å². The number of aromatic nitrogens is 8. The molecule has 0 spiro atoms. The number of nitrogens with two attached hydrogens (primary N) is 1. The maximum atomic E-state index is 5.83. The van der Waals surface area contributed by atoms with Crippen LogP contribution in [0.2, 0.25) is 0 Å². The molecule has 0 unspecified atom stereocenters. The first-order chi connectivity index (χ1) is 16.7. The van der Waals surface area contributed by atoms with E-state index in [0.29, 0.717) is 47.4 Å². The Balaban J connectivity index is 0.000000142. The normalized spacial score (nSPS) is 10.7. The molecule has 34 heavy (non-hydrogen) atoms. The zero-order valence-electron chi connectivity index (χ0n) is 18.2. The van der Waals surface area contributed by atoms with Crippen LogP contribution in [-0.2, 0) is 13.0 Å². The van der Waals surface area contributed by atoms with E-state index in [1.54, 1.807) is 18.9 Å². The molecule has 0 aliphatic heterocycles. The molecule has 6 aromatic rings. The van der Waals surface area contributed by atoms with Crippen molar-refractivity contribution in [3.05, 3.63) is 96.5 Å². The van der Waals surface area contributed by atoms with Crippen molar-refractivity contribution >= 4 is 34.1 Å². The summed E-state index contributed by atoms with van der Waals surface area (Å²) in [6.45, 7) is 0.705. The molecular weight excluding hydrogens is 428 g/mol. The number of fused-ring (bicyclic) bond motifs is 2. The fraction of sp³-hybridized carbons (Fsp3) is 0.0833. The minimum Gasteiger partial charge on any atom is -0.382 e. The van der Waals surface area contributed by atoms with Crippen LogP contribution < -0.4 is 11.1 Å². The van der Waals surface area contributed by atoms with Crippen molar-refractivity contribution in [2.24, 2.45) is 0 Å². The third-order valence-electron chi connectivity index (χ3n) is 5.03. The zero-order chi connectivity index (χ0) is 23.2. The molecule has 0 fully saturated rings. The Morgan fingerprint density at radius 1 is 0.735 bits per heavy atom. The lowest BCUT2D eigenvalue weighted by atomic mass is 10.1. The quantitative estimate of drug-likeness (QED) is 0.312. The van der Waals surface area contributed by atoms with Crippen LogP contribution in [0.5, 0.6) is 0 Å². The molecule has 10 heteroatoms. The van der Waals surface area contributed by atoms with E-state index >= 15 is 0 Å². The van der Waals surface area contributed by atoms with Crippen LogP contribution >= 0.6 is 0 Å².